The van der Waals surface area contributed by atoms with E-state index in [2.05, 4.69) is 15.4 Å². The fourth-order valence-electron chi connectivity index (χ4n) is 3.58. The molecule has 0 unspecified atom stereocenters. The predicted octanol–water partition coefficient (Wildman–Crippen LogP) is 4.05. The number of rotatable bonds is 13. The minimum atomic E-state index is -0.302. The molecule has 37 heavy (non-hydrogen) atoms. The zero-order valence-electron chi connectivity index (χ0n) is 20.6. The fourth-order valence-corrected chi connectivity index (χ4v) is 3.84. The van der Waals surface area contributed by atoms with Gasteiger partial charge in [0.15, 0.2) is 17.8 Å². The second kappa shape index (κ2) is 13.2. The summed E-state index contributed by atoms with van der Waals surface area (Å²) in [5.74, 6) is 0.550. The van der Waals surface area contributed by atoms with Crippen LogP contribution in [0.1, 0.15) is 34.0 Å². The number of ether oxygens (including phenoxy) is 2. The van der Waals surface area contributed by atoms with Crippen molar-refractivity contribution in [2.45, 2.75) is 20.4 Å². The maximum absolute atomic E-state index is 13.2. The van der Waals surface area contributed by atoms with Gasteiger partial charge in [0.1, 0.15) is 12.4 Å². The van der Waals surface area contributed by atoms with Gasteiger partial charge in [-0.25, -0.2) is 0 Å². The Labute approximate surface area is 219 Å². The van der Waals surface area contributed by atoms with E-state index in [1.807, 2.05) is 32.0 Å². The number of hydrogen-bond acceptors (Lipinski definition) is 9. The monoisotopic (exact) mass is 522 g/mol. The average Bonchev–Trinajstić information content (AvgIpc) is 2.88. The third kappa shape index (κ3) is 7.38. The van der Waals surface area contributed by atoms with Gasteiger partial charge in [-0.2, -0.15) is 0 Å². The van der Waals surface area contributed by atoms with Gasteiger partial charge in [-0.3, -0.25) is 20.1 Å². The molecule has 0 saturated heterocycles. The van der Waals surface area contributed by atoms with E-state index in [0.717, 1.165) is 17.7 Å². The molecule has 0 radical (unpaired) electrons. The quantitative estimate of drug-likeness (QED) is 0.0840. The van der Waals surface area contributed by atoms with E-state index in [-0.39, 0.29) is 24.9 Å². The molecule has 0 aliphatic carbocycles. The molecule has 194 valence electrons. The summed E-state index contributed by atoms with van der Waals surface area (Å²) in [6, 6.07) is 15.8. The summed E-state index contributed by atoms with van der Waals surface area (Å²) in [6.07, 6.45) is 0.667. The number of nitrogens with two attached hydrogens (primary N) is 2. The van der Waals surface area contributed by atoms with Gasteiger partial charge >= 0.3 is 0 Å². The number of anilines is 3. The maximum atomic E-state index is 13.2. The van der Waals surface area contributed by atoms with Crippen molar-refractivity contribution in [3.63, 3.8) is 0 Å². The van der Waals surface area contributed by atoms with Crippen molar-refractivity contribution in [3.8, 4) is 11.5 Å². The number of carbonyl (C=O) groups is 2. The Hall–Kier alpha value is -4.22. The van der Waals surface area contributed by atoms with E-state index in [4.69, 9.17) is 25.8 Å². The van der Waals surface area contributed by atoms with Crippen LogP contribution in [-0.4, -0.2) is 31.2 Å². The first-order valence-electron chi connectivity index (χ1n) is 11.4. The second-order valence-electron chi connectivity index (χ2n) is 7.94. The summed E-state index contributed by atoms with van der Waals surface area (Å²) in [5.41, 5.74) is 10.0. The molecule has 0 aliphatic rings. The number of aryl methyl sites for hydroxylation is 1. The lowest BCUT2D eigenvalue weighted by Gasteiger charge is -2.19. The summed E-state index contributed by atoms with van der Waals surface area (Å²) in [6.45, 7) is 4.30. The molecule has 8 N–H and O–H groups in total. The first kappa shape index (κ1) is 27.4. The van der Waals surface area contributed by atoms with Crippen LogP contribution in [0.3, 0.4) is 0 Å². The van der Waals surface area contributed by atoms with Crippen molar-refractivity contribution in [1.29, 1.82) is 5.41 Å². The van der Waals surface area contributed by atoms with Crippen molar-refractivity contribution >= 4 is 47.2 Å². The van der Waals surface area contributed by atoms with Crippen LogP contribution in [0.5, 0.6) is 11.5 Å². The molecule has 1 amide bonds. The maximum Gasteiger partial charge on any atom is 0.257 e. The van der Waals surface area contributed by atoms with Gasteiger partial charge in [-0.15, -0.1) is 0 Å². The molecule has 3 aromatic rings. The van der Waals surface area contributed by atoms with Crippen LogP contribution in [-0.2, 0) is 11.3 Å². The lowest BCUT2D eigenvalue weighted by Crippen LogP contribution is -2.16. The van der Waals surface area contributed by atoms with Crippen molar-refractivity contribution in [3.05, 3.63) is 76.9 Å². The van der Waals surface area contributed by atoms with Crippen LogP contribution >= 0.6 is 12.1 Å². The lowest BCUT2D eigenvalue weighted by atomic mass is 10.1. The Morgan fingerprint density at radius 1 is 1.08 bits per heavy atom. The summed E-state index contributed by atoms with van der Waals surface area (Å²) < 4.78 is 14.4. The highest BCUT2D eigenvalue weighted by atomic mass is 32.2. The van der Waals surface area contributed by atoms with Gasteiger partial charge in [-0.05, 0) is 56.3 Å². The molecule has 3 aromatic carbocycles. The van der Waals surface area contributed by atoms with E-state index in [1.165, 1.54) is 0 Å². The van der Waals surface area contributed by atoms with Gasteiger partial charge in [0.2, 0.25) is 0 Å². The van der Waals surface area contributed by atoms with Gasteiger partial charge in [0.05, 0.1) is 12.2 Å². The summed E-state index contributed by atoms with van der Waals surface area (Å²) in [4.78, 5) is 24.2. The normalized spacial score (nSPS) is 10.4. The summed E-state index contributed by atoms with van der Waals surface area (Å²) in [7, 11) is 0. The number of amides is 1. The van der Waals surface area contributed by atoms with Crippen molar-refractivity contribution in [2.24, 2.45) is 10.9 Å². The molecular weight excluding hydrogens is 492 g/mol. The van der Waals surface area contributed by atoms with Crippen molar-refractivity contribution in [2.75, 3.05) is 28.6 Å². The zero-order chi connectivity index (χ0) is 26.8. The Balaban J connectivity index is 1.88. The smallest absolute Gasteiger partial charge is 0.257 e. The van der Waals surface area contributed by atoms with E-state index < -0.39 is 0 Å². The predicted molar refractivity (Wildman–Crippen MR) is 148 cm³/mol. The van der Waals surface area contributed by atoms with Crippen LogP contribution < -0.4 is 35.7 Å². The first-order valence-corrected chi connectivity index (χ1v) is 12.3. The Bertz CT molecular complexity index is 1270. The number of nitrogens with one attached hydrogen (secondary N) is 4. The van der Waals surface area contributed by atoms with Crippen LogP contribution in [0, 0.1) is 12.3 Å². The van der Waals surface area contributed by atoms with Crippen LogP contribution in [0.2, 0.25) is 0 Å². The number of hydrogen-bond donors (Lipinski definition) is 6. The van der Waals surface area contributed by atoms with Gasteiger partial charge < -0.3 is 30.6 Å². The summed E-state index contributed by atoms with van der Waals surface area (Å²) >= 11 is 0.945. The minimum absolute atomic E-state index is 0.0450. The van der Waals surface area contributed by atoms with Crippen LogP contribution in [0.4, 0.5) is 17.1 Å². The SMILES string of the molecule is CCOc1cc(NSN)cc(CNc2ccc(C)cc2C(=O)Nc2ccc(C(=N)N)cc2)c1OCC=O. The Kier molecular flexibility index (Phi) is 9.76. The van der Waals surface area contributed by atoms with Crippen LogP contribution in [0.15, 0.2) is 54.6 Å². The third-order valence-corrected chi connectivity index (χ3v) is 5.60. The highest BCUT2D eigenvalue weighted by Crippen LogP contribution is 2.36. The van der Waals surface area contributed by atoms with Crippen molar-refractivity contribution < 1.29 is 19.1 Å². The van der Waals surface area contributed by atoms with Gasteiger partial charge in [0, 0.05) is 52.9 Å². The molecule has 0 saturated carbocycles. The standard InChI is InChI=1S/C26H30N6O4S/c1-3-35-23-14-20(32-37-29)13-18(24(23)36-11-10-33)15-30-22-9-4-16(2)12-21(22)26(34)31-19-7-5-17(6-8-19)25(27)28/h4-10,12-14,30,32H,3,11,15,29H2,1-2H3,(H3,27,28)(H,31,34). The minimum Gasteiger partial charge on any atom is -0.490 e. The molecule has 0 spiro atoms. The highest BCUT2D eigenvalue weighted by Gasteiger charge is 2.17. The lowest BCUT2D eigenvalue weighted by molar-refractivity contribution is -0.109. The number of amidine groups is 1. The molecular formula is C26H30N6O4S. The molecule has 0 aromatic heterocycles. The third-order valence-electron chi connectivity index (χ3n) is 5.25. The van der Waals surface area contributed by atoms with Gasteiger partial charge in [0.25, 0.3) is 5.91 Å². The number of aldehydes is 1. The van der Waals surface area contributed by atoms with Crippen LogP contribution in [0.25, 0.3) is 0 Å². The van der Waals surface area contributed by atoms with E-state index in [0.29, 0.717) is 58.1 Å². The summed E-state index contributed by atoms with van der Waals surface area (Å²) in [5, 5.41) is 19.3. The Morgan fingerprint density at radius 2 is 1.84 bits per heavy atom. The van der Waals surface area contributed by atoms with E-state index >= 15 is 0 Å². The topological polar surface area (TPSA) is 165 Å². The molecule has 0 atom stereocenters. The van der Waals surface area contributed by atoms with E-state index in [9.17, 15) is 9.59 Å². The Morgan fingerprint density at radius 3 is 2.49 bits per heavy atom. The number of carbonyl (C=O) groups excluding carboxylic acids is 2. The first-order chi connectivity index (χ1) is 17.9. The molecule has 3 rings (SSSR count). The zero-order valence-corrected chi connectivity index (χ0v) is 21.4. The average molecular weight is 523 g/mol. The molecule has 0 bridgehead atoms. The number of benzene rings is 3. The largest absolute Gasteiger partial charge is 0.490 e. The second-order valence-corrected chi connectivity index (χ2v) is 8.38. The molecule has 11 heteroatoms. The molecule has 10 nitrogen and oxygen atoms in total. The number of nitrogen functional groups attached to an aromatic ring is 1. The molecule has 0 fully saturated rings. The molecule has 0 heterocycles. The van der Waals surface area contributed by atoms with E-state index in [1.54, 1.807) is 36.4 Å². The van der Waals surface area contributed by atoms with Gasteiger partial charge in [-0.1, -0.05) is 11.6 Å². The van der Waals surface area contributed by atoms with Crippen molar-refractivity contribution in [1.82, 2.24) is 0 Å². The molecule has 0 aliphatic heterocycles. The highest BCUT2D eigenvalue weighted by molar-refractivity contribution is 7.98. The fraction of sp³-hybridized carbons (Fsp3) is 0.192.